The highest BCUT2D eigenvalue weighted by Crippen LogP contribution is 2.32. The van der Waals surface area contributed by atoms with Crippen LogP contribution in [0.2, 0.25) is 0 Å². The molecule has 1 nitrogen and oxygen atoms in total. The Bertz CT molecular complexity index is 730. The van der Waals surface area contributed by atoms with Crippen LogP contribution in [0.5, 0.6) is 0 Å². The second-order valence-electron chi connectivity index (χ2n) is 5.85. The Hall–Kier alpha value is -1.98. The van der Waals surface area contributed by atoms with E-state index in [9.17, 15) is 0 Å². The molecule has 0 saturated carbocycles. The van der Waals surface area contributed by atoms with Crippen molar-refractivity contribution >= 4 is 24.0 Å². The molecule has 0 amide bonds. The Morgan fingerprint density at radius 2 is 1.26 bits per heavy atom. The minimum atomic E-state index is -0.604. The molecule has 23 heavy (non-hydrogen) atoms. The number of rotatable bonds is 4. The summed E-state index contributed by atoms with van der Waals surface area (Å²) in [5.41, 5.74) is 4.94. The fourth-order valence-corrected chi connectivity index (χ4v) is 4.77. The molecule has 116 valence electrons. The molecule has 0 aliphatic carbocycles. The van der Waals surface area contributed by atoms with E-state index < -0.39 is 7.92 Å². The molecule has 2 aromatic carbocycles. The first kappa shape index (κ1) is 15.9. The topological polar surface area (TPSA) is 12.9 Å². The van der Waals surface area contributed by atoms with Crippen LogP contribution < -0.4 is 16.0 Å². The van der Waals surface area contributed by atoms with Gasteiger partial charge in [-0.3, -0.25) is 4.98 Å². The zero-order valence-corrected chi connectivity index (χ0v) is 14.8. The second kappa shape index (κ2) is 7.06. The first-order valence-corrected chi connectivity index (χ1v) is 9.41. The van der Waals surface area contributed by atoms with E-state index >= 15 is 0 Å². The SMILES string of the molecule is CCc1cccc(P(c2ccc(C)cc2)c2ccc(C)cc2)n1. The predicted molar refractivity (Wildman–Crippen MR) is 102 cm³/mol. The lowest BCUT2D eigenvalue weighted by atomic mass is 10.2. The minimum Gasteiger partial charge on any atom is -0.252 e. The number of hydrogen-bond acceptors (Lipinski definition) is 1. The maximum absolute atomic E-state index is 4.92. The predicted octanol–water partition coefficient (Wildman–Crippen LogP) is 4.02. The molecule has 1 aromatic heterocycles. The van der Waals surface area contributed by atoms with Gasteiger partial charge in [0.15, 0.2) is 0 Å². The van der Waals surface area contributed by atoms with Gasteiger partial charge in [0.2, 0.25) is 0 Å². The fraction of sp³-hybridized carbons (Fsp3) is 0.190. The van der Waals surface area contributed by atoms with Crippen LogP contribution in [0.15, 0.2) is 66.7 Å². The summed E-state index contributed by atoms with van der Waals surface area (Å²) >= 11 is 0. The highest BCUT2D eigenvalue weighted by molar-refractivity contribution is 7.79. The van der Waals surface area contributed by atoms with Crippen molar-refractivity contribution in [1.29, 1.82) is 0 Å². The lowest BCUT2D eigenvalue weighted by Crippen LogP contribution is -2.23. The summed E-state index contributed by atoms with van der Waals surface area (Å²) in [5.74, 6) is 0. The molecule has 0 unspecified atom stereocenters. The van der Waals surface area contributed by atoms with Crippen LogP contribution in [0.25, 0.3) is 0 Å². The van der Waals surface area contributed by atoms with Gasteiger partial charge >= 0.3 is 0 Å². The van der Waals surface area contributed by atoms with Crippen LogP contribution in [0.4, 0.5) is 0 Å². The highest BCUT2D eigenvalue weighted by atomic mass is 31.1. The van der Waals surface area contributed by atoms with E-state index in [-0.39, 0.29) is 0 Å². The van der Waals surface area contributed by atoms with Crippen molar-refractivity contribution in [2.24, 2.45) is 0 Å². The fourth-order valence-electron chi connectivity index (χ4n) is 2.59. The summed E-state index contributed by atoms with van der Waals surface area (Å²) in [7, 11) is -0.604. The van der Waals surface area contributed by atoms with Gasteiger partial charge in [-0.2, -0.15) is 0 Å². The van der Waals surface area contributed by atoms with Crippen molar-refractivity contribution in [3.05, 3.63) is 83.6 Å². The molecular formula is C21H22NP. The largest absolute Gasteiger partial charge is 0.252 e. The average Bonchev–Trinajstić information content (AvgIpc) is 2.59. The zero-order chi connectivity index (χ0) is 16.2. The average molecular weight is 319 g/mol. The molecule has 2 heteroatoms. The summed E-state index contributed by atoms with van der Waals surface area (Å²) in [5, 5.41) is 2.71. The van der Waals surface area contributed by atoms with Gasteiger partial charge in [-0.25, -0.2) is 0 Å². The Morgan fingerprint density at radius 1 is 0.739 bits per heavy atom. The summed E-state index contributed by atoms with van der Waals surface area (Å²) < 4.78 is 0. The first-order chi connectivity index (χ1) is 11.2. The maximum Gasteiger partial charge on any atom is 0.0724 e. The van der Waals surface area contributed by atoms with Gasteiger partial charge in [-0.05, 0) is 43.0 Å². The van der Waals surface area contributed by atoms with Gasteiger partial charge < -0.3 is 0 Å². The van der Waals surface area contributed by atoms with Crippen molar-refractivity contribution in [2.75, 3.05) is 0 Å². The van der Waals surface area contributed by atoms with Crippen LogP contribution in [0, 0.1) is 13.8 Å². The smallest absolute Gasteiger partial charge is 0.0724 e. The monoisotopic (exact) mass is 319 g/mol. The number of benzene rings is 2. The molecule has 0 fully saturated rings. The number of hydrogen-bond donors (Lipinski definition) is 0. The molecule has 0 radical (unpaired) electrons. The van der Waals surface area contributed by atoms with Gasteiger partial charge in [-0.15, -0.1) is 0 Å². The molecule has 0 spiro atoms. The van der Waals surface area contributed by atoms with E-state index in [2.05, 4.69) is 87.5 Å². The Balaban J connectivity index is 2.12. The van der Waals surface area contributed by atoms with Gasteiger partial charge in [0.05, 0.1) is 5.44 Å². The highest BCUT2D eigenvalue weighted by Gasteiger charge is 2.18. The number of pyridine rings is 1. The van der Waals surface area contributed by atoms with E-state index in [4.69, 9.17) is 4.98 Å². The van der Waals surface area contributed by atoms with E-state index in [1.807, 2.05) is 0 Å². The molecule has 0 aliphatic heterocycles. The van der Waals surface area contributed by atoms with E-state index in [1.165, 1.54) is 27.2 Å². The molecule has 0 N–H and O–H groups in total. The lowest BCUT2D eigenvalue weighted by molar-refractivity contribution is 1.05. The molecule has 3 rings (SSSR count). The van der Waals surface area contributed by atoms with Gasteiger partial charge in [0, 0.05) is 13.6 Å². The van der Waals surface area contributed by atoms with Crippen LogP contribution in [-0.2, 0) is 6.42 Å². The Labute approximate surface area is 140 Å². The van der Waals surface area contributed by atoms with Gasteiger partial charge in [0.25, 0.3) is 0 Å². The summed E-state index contributed by atoms with van der Waals surface area (Å²) in [4.78, 5) is 4.92. The van der Waals surface area contributed by atoms with Crippen LogP contribution in [0.1, 0.15) is 23.7 Å². The summed E-state index contributed by atoms with van der Waals surface area (Å²) in [6, 6.07) is 24.2. The zero-order valence-electron chi connectivity index (χ0n) is 14.0. The number of nitrogens with zero attached hydrogens (tertiary/aromatic N) is 1. The van der Waals surface area contributed by atoms with Crippen LogP contribution in [0.3, 0.4) is 0 Å². The van der Waals surface area contributed by atoms with Gasteiger partial charge in [-0.1, -0.05) is 72.6 Å². The number of aryl methyl sites for hydroxylation is 3. The lowest BCUT2D eigenvalue weighted by Gasteiger charge is -2.19. The van der Waals surface area contributed by atoms with E-state index in [1.54, 1.807) is 0 Å². The van der Waals surface area contributed by atoms with Crippen molar-refractivity contribution < 1.29 is 0 Å². The van der Waals surface area contributed by atoms with Crippen molar-refractivity contribution in [2.45, 2.75) is 27.2 Å². The molecule has 0 atom stereocenters. The normalized spacial score (nSPS) is 11.0. The third-order valence-corrected chi connectivity index (χ3v) is 6.30. The quantitative estimate of drug-likeness (QED) is 0.662. The van der Waals surface area contributed by atoms with Crippen molar-refractivity contribution in [3.63, 3.8) is 0 Å². The second-order valence-corrected chi connectivity index (χ2v) is 8.01. The maximum atomic E-state index is 4.92. The summed E-state index contributed by atoms with van der Waals surface area (Å²) in [6.07, 6.45) is 0.971. The van der Waals surface area contributed by atoms with E-state index in [0.29, 0.717) is 0 Å². The molecule has 3 aromatic rings. The third-order valence-electron chi connectivity index (χ3n) is 3.97. The number of aromatic nitrogens is 1. The van der Waals surface area contributed by atoms with Crippen molar-refractivity contribution in [1.82, 2.24) is 4.98 Å². The van der Waals surface area contributed by atoms with Crippen LogP contribution >= 0.6 is 7.92 Å². The molecule has 1 heterocycles. The summed E-state index contributed by atoms with van der Waals surface area (Å²) in [6.45, 7) is 6.42. The Morgan fingerprint density at radius 3 is 1.74 bits per heavy atom. The van der Waals surface area contributed by atoms with E-state index in [0.717, 1.165) is 12.1 Å². The van der Waals surface area contributed by atoms with Crippen molar-refractivity contribution in [3.8, 4) is 0 Å². The first-order valence-electron chi connectivity index (χ1n) is 8.07. The molecule has 0 aliphatic rings. The molecular weight excluding hydrogens is 297 g/mol. The molecule has 0 saturated heterocycles. The third kappa shape index (κ3) is 3.68. The minimum absolute atomic E-state index is 0.604. The van der Waals surface area contributed by atoms with Gasteiger partial charge in [0.1, 0.15) is 0 Å². The molecule has 0 bridgehead atoms. The Kier molecular flexibility index (Phi) is 4.88. The standard InChI is InChI=1S/C21H22NP/c1-4-18-6-5-7-21(22-18)23(19-12-8-16(2)9-13-19)20-14-10-17(3)11-15-20/h5-15H,4H2,1-3H3. The van der Waals surface area contributed by atoms with Crippen LogP contribution in [-0.4, -0.2) is 4.98 Å².